The molecule has 0 aliphatic carbocycles. The lowest BCUT2D eigenvalue weighted by Gasteiger charge is -2.36. The average molecular weight is 291 g/mol. The maximum Gasteiger partial charge on any atom is 0.410 e. The smallest absolute Gasteiger partial charge is 0.410 e. The Morgan fingerprint density at radius 1 is 1.32 bits per heavy atom. The van der Waals surface area contributed by atoms with Crippen LogP contribution < -0.4 is 5.73 Å². The van der Waals surface area contributed by atoms with Gasteiger partial charge in [-0.1, -0.05) is 0 Å². The third kappa shape index (κ3) is 6.52. The zero-order valence-corrected chi connectivity index (χ0v) is 13.2. The van der Waals surface area contributed by atoms with E-state index < -0.39 is 5.60 Å². The highest BCUT2D eigenvalue weighted by atomic mass is 31.0. The predicted octanol–water partition coefficient (Wildman–Crippen LogP) is 0.673. The Labute approximate surface area is 117 Å². The van der Waals surface area contributed by atoms with Crippen LogP contribution >= 0.6 is 9.47 Å². The maximum atomic E-state index is 11.9. The van der Waals surface area contributed by atoms with Crippen LogP contribution in [0.5, 0.6) is 0 Å². The summed E-state index contributed by atoms with van der Waals surface area (Å²) >= 11 is 0. The standard InChI is InChI=1S/C12H26N3O3P/c1-12(2,3)18-11(16)15-6-4-14(5-7-15)8-10(13)9-17-19/h10H,4-9,13,19H2,1-3H3/t10-/m1/s1. The van der Waals surface area contributed by atoms with Crippen molar-refractivity contribution in [1.29, 1.82) is 0 Å². The normalized spacial score (nSPS) is 19.3. The lowest BCUT2D eigenvalue weighted by Crippen LogP contribution is -2.52. The lowest BCUT2D eigenvalue weighted by molar-refractivity contribution is 0.0138. The molecule has 1 fully saturated rings. The molecule has 2 N–H and O–H groups in total. The van der Waals surface area contributed by atoms with E-state index in [1.807, 2.05) is 20.8 Å². The molecule has 19 heavy (non-hydrogen) atoms. The second-order valence-electron chi connectivity index (χ2n) is 5.86. The van der Waals surface area contributed by atoms with Crippen molar-refractivity contribution in [3.05, 3.63) is 0 Å². The van der Waals surface area contributed by atoms with Gasteiger partial charge in [-0.15, -0.1) is 0 Å². The molecule has 1 aliphatic rings. The molecule has 0 aromatic carbocycles. The van der Waals surface area contributed by atoms with Gasteiger partial charge in [-0.2, -0.15) is 0 Å². The summed E-state index contributed by atoms with van der Waals surface area (Å²) in [6.45, 7) is 9.96. The zero-order valence-electron chi connectivity index (χ0n) is 12.1. The van der Waals surface area contributed by atoms with Crippen LogP contribution in [0.3, 0.4) is 0 Å². The Morgan fingerprint density at radius 3 is 2.37 bits per heavy atom. The highest BCUT2D eigenvalue weighted by molar-refractivity contribution is 7.09. The van der Waals surface area contributed by atoms with Crippen molar-refractivity contribution in [2.24, 2.45) is 5.73 Å². The molecule has 1 saturated heterocycles. The van der Waals surface area contributed by atoms with Crippen LogP contribution in [0.1, 0.15) is 20.8 Å². The minimum Gasteiger partial charge on any atom is -0.444 e. The minimum atomic E-state index is -0.438. The van der Waals surface area contributed by atoms with Gasteiger partial charge in [-0.25, -0.2) is 4.79 Å². The van der Waals surface area contributed by atoms with E-state index in [1.165, 1.54) is 0 Å². The molecular formula is C12H26N3O3P. The number of amides is 1. The first-order valence-corrected chi connectivity index (χ1v) is 7.06. The molecule has 2 atom stereocenters. The van der Waals surface area contributed by atoms with Crippen LogP contribution in [0.25, 0.3) is 0 Å². The Hall–Kier alpha value is -0.420. The molecule has 0 radical (unpaired) electrons. The van der Waals surface area contributed by atoms with Crippen molar-refractivity contribution in [3.63, 3.8) is 0 Å². The van der Waals surface area contributed by atoms with Gasteiger partial charge in [-0.3, -0.25) is 4.90 Å². The number of rotatable bonds is 4. The maximum absolute atomic E-state index is 11.9. The molecule has 1 heterocycles. The minimum absolute atomic E-state index is 0.00516. The van der Waals surface area contributed by atoms with E-state index in [4.69, 9.17) is 15.0 Å². The molecule has 1 rings (SSSR count). The van der Waals surface area contributed by atoms with Crippen molar-refractivity contribution in [2.45, 2.75) is 32.4 Å². The van der Waals surface area contributed by atoms with Gasteiger partial charge in [0.25, 0.3) is 0 Å². The van der Waals surface area contributed by atoms with Crippen molar-refractivity contribution < 1.29 is 14.1 Å². The van der Waals surface area contributed by atoms with E-state index in [0.29, 0.717) is 19.7 Å². The third-order valence-electron chi connectivity index (χ3n) is 2.83. The van der Waals surface area contributed by atoms with E-state index in [-0.39, 0.29) is 12.1 Å². The second-order valence-corrected chi connectivity index (χ2v) is 6.19. The molecule has 112 valence electrons. The van der Waals surface area contributed by atoms with Crippen LogP contribution in [0.15, 0.2) is 0 Å². The highest BCUT2D eigenvalue weighted by Gasteiger charge is 2.26. The van der Waals surface area contributed by atoms with Gasteiger partial charge in [0.05, 0.1) is 6.61 Å². The Kier molecular flexibility index (Phi) is 6.47. The quantitative estimate of drug-likeness (QED) is 0.771. The summed E-state index contributed by atoms with van der Waals surface area (Å²) in [4.78, 5) is 15.9. The fourth-order valence-corrected chi connectivity index (χ4v) is 2.19. The van der Waals surface area contributed by atoms with Crippen LogP contribution in [0.2, 0.25) is 0 Å². The Bertz CT molecular complexity index is 288. The number of carbonyl (C=O) groups excluding carboxylic acids is 1. The first-order valence-electron chi connectivity index (χ1n) is 6.59. The summed E-state index contributed by atoms with van der Waals surface area (Å²) in [5.74, 6) is 0. The lowest BCUT2D eigenvalue weighted by atomic mass is 10.2. The molecule has 7 heteroatoms. The van der Waals surface area contributed by atoms with Crippen LogP contribution in [0, 0.1) is 0 Å². The molecule has 0 saturated carbocycles. The van der Waals surface area contributed by atoms with Crippen LogP contribution in [-0.2, 0) is 9.26 Å². The summed E-state index contributed by atoms with van der Waals surface area (Å²) in [5, 5.41) is 0. The van der Waals surface area contributed by atoms with Gasteiger partial charge in [0.15, 0.2) is 0 Å². The molecule has 0 aromatic heterocycles. The third-order valence-corrected chi connectivity index (χ3v) is 3.02. The summed E-state index contributed by atoms with van der Waals surface area (Å²) < 4.78 is 10.3. The highest BCUT2D eigenvalue weighted by Crippen LogP contribution is 2.11. The Balaban J connectivity index is 2.30. The number of nitrogens with zero attached hydrogens (tertiary/aromatic N) is 2. The Morgan fingerprint density at radius 2 is 1.89 bits per heavy atom. The summed E-state index contributed by atoms with van der Waals surface area (Å²) in [5.41, 5.74) is 5.47. The van der Waals surface area contributed by atoms with E-state index in [1.54, 1.807) is 4.90 Å². The molecular weight excluding hydrogens is 265 g/mol. The number of nitrogens with two attached hydrogens (primary N) is 1. The van der Waals surface area contributed by atoms with E-state index in [9.17, 15) is 4.79 Å². The number of ether oxygens (including phenoxy) is 1. The van der Waals surface area contributed by atoms with E-state index in [0.717, 1.165) is 19.6 Å². The second kappa shape index (κ2) is 7.39. The van der Waals surface area contributed by atoms with Crippen molar-refractivity contribution >= 4 is 15.6 Å². The number of carbonyl (C=O) groups is 1. The monoisotopic (exact) mass is 291 g/mol. The van der Waals surface area contributed by atoms with Gasteiger partial charge < -0.3 is 19.9 Å². The first-order chi connectivity index (χ1) is 8.81. The van der Waals surface area contributed by atoms with Gasteiger partial charge in [0, 0.05) is 48.2 Å². The van der Waals surface area contributed by atoms with Crippen molar-refractivity contribution in [3.8, 4) is 0 Å². The summed E-state index contributed by atoms with van der Waals surface area (Å²) in [6, 6.07) is 0.00516. The number of hydrogen-bond acceptors (Lipinski definition) is 5. The van der Waals surface area contributed by atoms with Crippen LogP contribution in [-0.4, -0.2) is 66.9 Å². The topological polar surface area (TPSA) is 68.0 Å². The average Bonchev–Trinajstić information content (AvgIpc) is 2.27. The fourth-order valence-electron chi connectivity index (χ4n) is 1.95. The van der Waals surface area contributed by atoms with Crippen molar-refractivity contribution in [1.82, 2.24) is 9.80 Å². The van der Waals surface area contributed by atoms with E-state index in [2.05, 4.69) is 14.4 Å². The largest absolute Gasteiger partial charge is 0.444 e. The summed E-state index contributed by atoms with van der Waals surface area (Å²) in [6.07, 6.45) is -0.232. The van der Waals surface area contributed by atoms with Crippen molar-refractivity contribution in [2.75, 3.05) is 39.3 Å². The van der Waals surface area contributed by atoms with E-state index >= 15 is 0 Å². The molecule has 0 bridgehead atoms. The number of hydrogen-bond donors (Lipinski definition) is 1. The van der Waals surface area contributed by atoms with Gasteiger partial charge in [0.2, 0.25) is 0 Å². The molecule has 1 amide bonds. The van der Waals surface area contributed by atoms with Crippen LogP contribution in [0.4, 0.5) is 4.79 Å². The molecule has 1 aliphatic heterocycles. The molecule has 6 nitrogen and oxygen atoms in total. The molecule has 0 aromatic rings. The fraction of sp³-hybridized carbons (Fsp3) is 0.917. The van der Waals surface area contributed by atoms with Gasteiger partial charge in [0.1, 0.15) is 5.60 Å². The SMILES string of the molecule is CC(C)(C)OC(=O)N1CCN(C[C@@H](N)COP)CC1. The molecule has 1 unspecified atom stereocenters. The predicted molar refractivity (Wildman–Crippen MR) is 77.9 cm³/mol. The zero-order chi connectivity index (χ0) is 14.5. The summed E-state index contributed by atoms with van der Waals surface area (Å²) in [7, 11) is 2.21. The van der Waals surface area contributed by atoms with Gasteiger partial charge in [-0.05, 0) is 20.8 Å². The van der Waals surface area contributed by atoms with Gasteiger partial charge >= 0.3 is 6.09 Å². The number of piperazine rings is 1. The first kappa shape index (κ1) is 16.6. The molecule has 0 spiro atoms.